The summed E-state index contributed by atoms with van der Waals surface area (Å²) >= 11 is 0. The number of carbonyl (C=O) groups is 2. The summed E-state index contributed by atoms with van der Waals surface area (Å²) in [6.07, 6.45) is 0.336. The quantitative estimate of drug-likeness (QED) is 0.880. The number of ether oxygens (including phenoxy) is 2. The van der Waals surface area contributed by atoms with Crippen molar-refractivity contribution in [3.05, 3.63) is 23.3 Å². The number of ketones is 1. The monoisotopic (exact) mass is 250 g/mol. The molecule has 0 aromatic heterocycles. The van der Waals surface area contributed by atoms with E-state index in [0.717, 1.165) is 0 Å². The second-order valence-corrected chi connectivity index (χ2v) is 4.22. The lowest BCUT2D eigenvalue weighted by Gasteiger charge is -2.23. The summed E-state index contributed by atoms with van der Waals surface area (Å²) in [4.78, 5) is 23.0. The molecule has 0 fully saturated rings. The van der Waals surface area contributed by atoms with E-state index in [1.54, 1.807) is 12.1 Å². The fourth-order valence-corrected chi connectivity index (χ4v) is 2.21. The Morgan fingerprint density at radius 2 is 2.00 bits per heavy atom. The second-order valence-electron chi connectivity index (χ2n) is 4.22. The van der Waals surface area contributed by atoms with Crippen LogP contribution in [0.3, 0.4) is 0 Å². The number of hydrogen-bond donors (Lipinski definition) is 1. The van der Waals surface area contributed by atoms with Crippen molar-refractivity contribution in [2.24, 2.45) is 5.92 Å². The van der Waals surface area contributed by atoms with E-state index in [-0.39, 0.29) is 12.2 Å². The normalized spacial score (nSPS) is 18.1. The van der Waals surface area contributed by atoms with Gasteiger partial charge in [0.05, 0.1) is 20.1 Å². The molecule has 1 aromatic rings. The van der Waals surface area contributed by atoms with Gasteiger partial charge in [0.25, 0.3) is 0 Å². The third-order valence-corrected chi connectivity index (χ3v) is 3.17. The van der Waals surface area contributed by atoms with Gasteiger partial charge in [-0.25, -0.2) is 0 Å². The molecule has 1 aromatic carbocycles. The van der Waals surface area contributed by atoms with Crippen LogP contribution in [0.4, 0.5) is 0 Å². The van der Waals surface area contributed by atoms with Gasteiger partial charge >= 0.3 is 5.97 Å². The van der Waals surface area contributed by atoms with Gasteiger partial charge in [0.15, 0.2) is 5.78 Å². The highest BCUT2D eigenvalue weighted by molar-refractivity contribution is 6.01. The maximum absolute atomic E-state index is 12.0. The van der Waals surface area contributed by atoms with Crippen LogP contribution >= 0.6 is 0 Å². The number of fused-ring (bicyclic) bond motifs is 1. The van der Waals surface area contributed by atoms with Crippen LogP contribution in [-0.2, 0) is 11.2 Å². The lowest BCUT2D eigenvalue weighted by Crippen LogP contribution is -2.26. The number of carbonyl (C=O) groups excluding carboxylic acids is 1. The van der Waals surface area contributed by atoms with Crippen LogP contribution in [0.1, 0.15) is 22.3 Å². The molecule has 0 bridgehead atoms. The molecule has 1 unspecified atom stereocenters. The average Bonchev–Trinajstić information content (AvgIpc) is 2.37. The fraction of sp³-hybridized carbons (Fsp3) is 0.385. The van der Waals surface area contributed by atoms with E-state index in [4.69, 9.17) is 14.6 Å². The molecule has 1 aliphatic rings. The third kappa shape index (κ3) is 2.03. The zero-order valence-electron chi connectivity index (χ0n) is 10.2. The average molecular weight is 250 g/mol. The van der Waals surface area contributed by atoms with Crippen molar-refractivity contribution >= 4 is 11.8 Å². The Labute approximate surface area is 104 Å². The van der Waals surface area contributed by atoms with Gasteiger partial charge in [-0.05, 0) is 12.5 Å². The minimum absolute atomic E-state index is 0.0264. The summed E-state index contributed by atoms with van der Waals surface area (Å²) < 4.78 is 10.3. The Morgan fingerprint density at radius 3 is 2.56 bits per heavy atom. The first-order chi connectivity index (χ1) is 8.56. The number of benzene rings is 1. The maximum Gasteiger partial charge on any atom is 0.307 e. The van der Waals surface area contributed by atoms with Crippen molar-refractivity contribution < 1.29 is 24.2 Å². The number of hydrogen-bond acceptors (Lipinski definition) is 4. The highest BCUT2D eigenvalue weighted by Crippen LogP contribution is 2.35. The van der Waals surface area contributed by atoms with Crippen LogP contribution in [0.15, 0.2) is 12.1 Å². The number of carboxylic acid groups (broad SMARTS) is 1. The Balaban J connectivity index is 2.51. The molecule has 2 rings (SSSR count). The van der Waals surface area contributed by atoms with Crippen LogP contribution in [-0.4, -0.2) is 31.1 Å². The largest absolute Gasteiger partial charge is 0.497 e. The standard InChI is InChI=1S/C13H14O5/c1-17-8-5-9-10(12(6-8)18-2)3-7(13(15)16)4-11(9)14/h5-7H,3-4H2,1-2H3,(H,15,16). The molecular formula is C13H14O5. The van der Waals surface area contributed by atoms with Gasteiger partial charge in [0, 0.05) is 23.6 Å². The molecule has 0 aliphatic heterocycles. The molecule has 5 heteroatoms. The topological polar surface area (TPSA) is 72.8 Å². The second kappa shape index (κ2) is 4.68. The van der Waals surface area contributed by atoms with Crippen LogP contribution in [0.5, 0.6) is 11.5 Å². The van der Waals surface area contributed by atoms with Crippen LogP contribution in [0.2, 0.25) is 0 Å². The van der Waals surface area contributed by atoms with Crippen molar-refractivity contribution in [2.45, 2.75) is 12.8 Å². The van der Waals surface area contributed by atoms with Crippen molar-refractivity contribution in [3.63, 3.8) is 0 Å². The number of Topliss-reactive ketones (excluding diaryl/α,β-unsaturated/α-hetero) is 1. The van der Waals surface area contributed by atoms with E-state index >= 15 is 0 Å². The summed E-state index contributed by atoms with van der Waals surface area (Å²) in [5.41, 5.74) is 1.16. The number of methoxy groups -OCH3 is 2. The molecule has 18 heavy (non-hydrogen) atoms. The summed E-state index contributed by atoms with van der Waals surface area (Å²) in [6, 6.07) is 3.30. The Kier molecular flexibility index (Phi) is 3.23. The van der Waals surface area contributed by atoms with Crippen molar-refractivity contribution in [2.75, 3.05) is 14.2 Å². The van der Waals surface area contributed by atoms with E-state index in [1.807, 2.05) is 0 Å². The van der Waals surface area contributed by atoms with E-state index in [0.29, 0.717) is 29.0 Å². The van der Waals surface area contributed by atoms with E-state index in [9.17, 15) is 9.59 Å². The molecule has 0 spiro atoms. The molecular weight excluding hydrogens is 236 g/mol. The van der Waals surface area contributed by atoms with E-state index in [1.165, 1.54) is 14.2 Å². The number of rotatable bonds is 3. The molecule has 0 radical (unpaired) electrons. The number of carboxylic acids is 1. The molecule has 5 nitrogen and oxygen atoms in total. The van der Waals surface area contributed by atoms with Crippen LogP contribution in [0, 0.1) is 5.92 Å². The minimum Gasteiger partial charge on any atom is -0.497 e. The fourth-order valence-electron chi connectivity index (χ4n) is 2.21. The van der Waals surface area contributed by atoms with E-state index in [2.05, 4.69) is 0 Å². The summed E-state index contributed by atoms with van der Waals surface area (Å²) in [5.74, 6) is -0.767. The van der Waals surface area contributed by atoms with E-state index < -0.39 is 11.9 Å². The first-order valence-electron chi connectivity index (χ1n) is 5.57. The lowest BCUT2D eigenvalue weighted by atomic mass is 9.82. The van der Waals surface area contributed by atoms with Crippen molar-refractivity contribution in [3.8, 4) is 11.5 Å². The van der Waals surface area contributed by atoms with Gasteiger partial charge in [-0.1, -0.05) is 0 Å². The highest BCUT2D eigenvalue weighted by Gasteiger charge is 2.32. The van der Waals surface area contributed by atoms with Gasteiger partial charge in [-0.15, -0.1) is 0 Å². The lowest BCUT2D eigenvalue weighted by molar-refractivity contribution is -0.141. The first-order valence-corrected chi connectivity index (χ1v) is 5.57. The smallest absolute Gasteiger partial charge is 0.307 e. The first kappa shape index (κ1) is 12.4. The van der Waals surface area contributed by atoms with Gasteiger partial charge in [0.2, 0.25) is 0 Å². The zero-order chi connectivity index (χ0) is 13.3. The SMILES string of the molecule is COc1cc(OC)c2c(c1)C(=O)CC(C(=O)O)C2. The molecule has 0 amide bonds. The summed E-state index contributed by atoms with van der Waals surface area (Å²) in [6.45, 7) is 0. The van der Waals surface area contributed by atoms with Gasteiger partial charge < -0.3 is 14.6 Å². The Bertz CT molecular complexity index is 506. The van der Waals surface area contributed by atoms with Gasteiger partial charge in [0.1, 0.15) is 11.5 Å². The van der Waals surface area contributed by atoms with Gasteiger partial charge in [-0.3, -0.25) is 9.59 Å². The molecule has 0 heterocycles. The Morgan fingerprint density at radius 1 is 1.28 bits per heavy atom. The third-order valence-electron chi connectivity index (χ3n) is 3.17. The summed E-state index contributed by atoms with van der Waals surface area (Å²) in [5, 5.41) is 9.03. The van der Waals surface area contributed by atoms with Crippen molar-refractivity contribution in [1.29, 1.82) is 0 Å². The van der Waals surface area contributed by atoms with Crippen molar-refractivity contribution in [1.82, 2.24) is 0 Å². The molecule has 0 saturated carbocycles. The Hall–Kier alpha value is -2.04. The molecule has 1 aliphatic carbocycles. The minimum atomic E-state index is -0.952. The van der Waals surface area contributed by atoms with Crippen LogP contribution in [0.25, 0.3) is 0 Å². The van der Waals surface area contributed by atoms with Crippen LogP contribution < -0.4 is 9.47 Å². The predicted octanol–water partition coefficient (Wildman–Crippen LogP) is 1.53. The highest BCUT2D eigenvalue weighted by atomic mass is 16.5. The molecule has 96 valence electrons. The molecule has 0 saturated heterocycles. The molecule has 1 N–H and O–H groups in total. The zero-order valence-corrected chi connectivity index (χ0v) is 10.2. The predicted molar refractivity (Wildman–Crippen MR) is 63.3 cm³/mol. The van der Waals surface area contributed by atoms with Gasteiger partial charge in [-0.2, -0.15) is 0 Å². The summed E-state index contributed by atoms with van der Waals surface area (Å²) in [7, 11) is 3.00. The maximum atomic E-state index is 12.0. The number of aliphatic carboxylic acids is 1. The molecule has 1 atom stereocenters.